The molecule has 0 radical (unpaired) electrons. The Morgan fingerprint density at radius 2 is 1.62 bits per heavy atom. The summed E-state index contributed by atoms with van der Waals surface area (Å²) in [6.07, 6.45) is 5.41. The van der Waals surface area contributed by atoms with Crippen molar-refractivity contribution in [2.24, 2.45) is 5.73 Å². The first-order chi connectivity index (χ1) is 3.91. The van der Waals surface area contributed by atoms with Crippen LogP contribution in [0.25, 0.3) is 0 Å². The van der Waals surface area contributed by atoms with Gasteiger partial charge in [0.05, 0.1) is 0 Å². The molecule has 0 saturated carbocycles. The molecule has 44 valence electrons. The number of unbranched alkanes of at least 4 members (excludes halogenated alkanes) is 3. The van der Waals surface area contributed by atoms with E-state index in [0.29, 0.717) is 0 Å². The van der Waals surface area contributed by atoms with Gasteiger partial charge in [-0.3, -0.25) is 0 Å². The number of rotatable bonds is 5. The van der Waals surface area contributed by atoms with Crippen molar-refractivity contribution >= 4 is 27.9 Å². The summed E-state index contributed by atoms with van der Waals surface area (Å²) in [5, 5.41) is 0. The van der Waals surface area contributed by atoms with Crippen LogP contribution in [0, 0.1) is 0 Å². The molecule has 0 atom stereocenters. The summed E-state index contributed by atoms with van der Waals surface area (Å²) in [7, 11) is 0. The van der Waals surface area contributed by atoms with Gasteiger partial charge in [0.15, 0.2) is 0 Å². The fourth-order valence-electron chi connectivity index (χ4n) is 0.748. The zero-order valence-electron chi connectivity index (χ0n) is 5.82. The predicted octanol–water partition coefficient (Wildman–Crippen LogP) is 1.09. The minimum absolute atomic E-state index is 0.876. The third-order valence-corrected chi connectivity index (χ3v) is 2.01. The molecule has 0 unspecified atom stereocenters. The van der Waals surface area contributed by atoms with Crippen molar-refractivity contribution in [2.45, 2.75) is 29.4 Å². The van der Waals surface area contributed by atoms with E-state index in [0.717, 1.165) is 6.54 Å². The van der Waals surface area contributed by atoms with Gasteiger partial charge < -0.3 is 0 Å². The molecule has 0 aromatic rings. The van der Waals surface area contributed by atoms with Gasteiger partial charge in [-0.15, -0.1) is 0 Å². The van der Waals surface area contributed by atoms with Crippen molar-refractivity contribution in [1.29, 1.82) is 0 Å². The van der Waals surface area contributed by atoms with E-state index in [-0.39, 0.29) is 0 Å². The number of hydrogen-bond donors (Lipinski definition) is 1. The zero-order valence-corrected chi connectivity index (χ0v) is 7.82. The Morgan fingerprint density at radius 3 is 2.12 bits per heavy atom. The second kappa shape index (κ2) is 7.96. The summed E-state index contributed by atoms with van der Waals surface area (Å²) in [5.74, 6) is 0. The Morgan fingerprint density at radius 1 is 1.00 bits per heavy atom. The molecule has 2 heteroatoms. The molecule has 0 heterocycles. The average molecular weight is 123 g/mol. The second-order valence-corrected chi connectivity index (χ2v) is 3.20. The van der Waals surface area contributed by atoms with Crippen molar-refractivity contribution in [3.8, 4) is 0 Å². The van der Waals surface area contributed by atoms with Gasteiger partial charge in [-0.2, -0.15) is 0 Å². The number of nitrogens with two attached hydrogens (primary N) is 1. The SMILES string of the molecule is NCCCCC[CH2][Na]. The van der Waals surface area contributed by atoms with E-state index in [9.17, 15) is 0 Å². The van der Waals surface area contributed by atoms with E-state index < -0.39 is 0 Å². The van der Waals surface area contributed by atoms with Crippen LogP contribution in [0.3, 0.4) is 0 Å². The molecular formula is C6H14NNa. The first-order valence-electron chi connectivity index (χ1n) is 3.62. The molecule has 0 aromatic heterocycles. The Labute approximate surface area is 69.4 Å². The molecule has 2 N–H and O–H groups in total. The van der Waals surface area contributed by atoms with Gasteiger partial charge in [0.25, 0.3) is 0 Å². The van der Waals surface area contributed by atoms with Crippen molar-refractivity contribution in [2.75, 3.05) is 6.54 Å². The summed E-state index contributed by atoms with van der Waals surface area (Å²) < 4.78 is 1.46. The summed E-state index contributed by atoms with van der Waals surface area (Å²) in [4.78, 5) is 0. The van der Waals surface area contributed by atoms with Gasteiger partial charge in [-0.05, 0) is 0 Å². The second-order valence-electron chi connectivity index (χ2n) is 2.20. The molecule has 8 heavy (non-hydrogen) atoms. The summed E-state index contributed by atoms with van der Waals surface area (Å²) >= 11 is 1.38. The first kappa shape index (κ1) is 8.96. The zero-order chi connectivity index (χ0) is 6.24. The first-order valence-corrected chi connectivity index (χ1v) is 5.03. The Bertz CT molecular complexity index is 33.5. The van der Waals surface area contributed by atoms with E-state index in [1.54, 1.807) is 0 Å². The van der Waals surface area contributed by atoms with Gasteiger partial charge >= 0.3 is 69.6 Å². The quantitative estimate of drug-likeness (QED) is 0.430. The van der Waals surface area contributed by atoms with Crippen LogP contribution in [0.15, 0.2) is 0 Å². The maximum absolute atomic E-state index is 5.32. The van der Waals surface area contributed by atoms with Gasteiger partial charge in [-0.25, -0.2) is 0 Å². The molecule has 0 spiro atoms. The molecule has 0 aliphatic carbocycles. The topological polar surface area (TPSA) is 26.0 Å². The molecule has 0 bridgehead atoms. The molecular weight excluding hydrogens is 109 g/mol. The van der Waals surface area contributed by atoms with Crippen LogP contribution in [0.4, 0.5) is 0 Å². The molecule has 0 aromatic carbocycles. The third-order valence-electron chi connectivity index (χ3n) is 1.31. The van der Waals surface area contributed by atoms with Crippen LogP contribution in [0.2, 0.25) is 3.67 Å². The van der Waals surface area contributed by atoms with Crippen LogP contribution in [-0.4, -0.2) is 34.5 Å². The fourth-order valence-corrected chi connectivity index (χ4v) is 1.25. The molecule has 1 nitrogen and oxygen atoms in total. The molecule has 0 aliphatic rings. The van der Waals surface area contributed by atoms with E-state index in [4.69, 9.17) is 5.73 Å². The molecule has 0 rings (SSSR count). The van der Waals surface area contributed by atoms with Crippen molar-refractivity contribution in [3.05, 3.63) is 0 Å². The molecule has 0 saturated heterocycles. The summed E-state index contributed by atoms with van der Waals surface area (Å²) in [5.41, 5.74) is 5.32. The average Bonchev–Trinajstić information content (AvgIpc) is 1.81. The maximum atomic E-state index is 5.32. The van der Waals surface area contributed by atoms with Crippen LogP contribution < -0.4 is 5.73 Å². The Hall–Kier alpha value is 0.960. The van der Waals surface area contributed by atoms with Gasteiger partial charge in [0, 0.05) is 0 Å². The van der Waals surface area contributed by atoms with Crippen molar-refractivity contribution in [3.63, 3.8) is 0 Å². The fraction of sp³-hybridized carbons (Fsp3) is 1.00. The van der Waals surface area contributed by atoms with Crippen LogP contribution in [0.1, 0.15) is 25.7 Å². The van der Waals surface area contributed by atoms with E-state index >= 15 is 0 Å². The normalized spacial score (nSPS) is 9.88. The van der Waals surface area contributed by atoms with Crippen molar-refractivity contribution < 1.29 is 0 Å². The molecule has 0 amide bonds. The van der Waals surface area contributed by atoms with E-state index in [2.05, 4.69) is 0 Å². The van der Waals surface area contributed by atoms with Crippen LogP contribution in [0.5, 0.6) is 0 Å². The Balaban J connectivity index is 2.53. The van der Waals surface area contributed by atoms with Crippen LogP contribution >= 0.6 is 0 Å². The standard InChI is InChI=1S/C6H14N.Na/c1-2-3-4-5-6-7;/h1-7H2;. The van der Waals surface area contributed by atoms with Crippen molar-refractivity contribution in [1.82, 2.24) is 0 Å². The Kier molecular flexibility index (Phi) is 8.92. The number of hydrogen-bond acceptors (Lipinski definition) is 1. The molecule has 0 fully saturated rings. The van der Waals surface area contributed by atoms with E-state index in [1.807, 2.05) is 0 Å². The van der Waals surface area contributed by atoms with E-state index in [1.165, 1.54) is 57.3 Å². The van der Waals surface area contributed by atoms with Gasteiger partial charge in [-0.1, -0.05) is 0 Å². The summed E-state index contributed by atoms with van der Waals surface area (Å²) in [6.45, 7) is 0.876. The third kappa shape index (κ3) is 6.96. The van der Waals surface area contributed by atoms with Crippen LogP contribution in [-0.2, 0) is 0 Å². The predicted molar refractivity (Wildman–Crippen MR) is 38.1 cm³/mol. The van der Waals surface area contributed by atoms with Gasteiger partial charge in [0.1, 0.15) is 0 Å². The minimum atomic E-state index is 0.876. The summed E-state index contributed by atoms with van der Waals surface area (Å²) in [6, 6.07) is 0. The molecule has 0 aliphatic heterocycles. The monoisotopic (exact) mass is 123 g/mol. The van der Waals surface area contributed by atoms with Gasteiger partial charge in [0.2, 0.25) is 0 Å².